The molecule has 1 aliphatic rings. The number of ether oxygens (including phenoxy) is 1. The molecule has 0 atom stereocenters. The van der Waals surface area contributed by atoms with Crippen molar-refractivity contribution in [1.82, 2.24) is 0 Å². The number of methoxy groups -OCH3 is 1. The van der Waals surface area contributed by atoms with Crippen molar-refractivity contribution in [3.05, 3.63) is 84.4 Å². The highest BCUT2D eigenvalue weighted by molar-refractivity contribution is 6.02. The summed E-state index contributed by atoms with van der Waals surface area (Å²) in [4.78, 5) is 15.2. The number of aryl methyl sites for hydroxylation is 1. The van der Waals surface area contributed by atoms with Crippen molar-refractivity contribution in [1.29, 1.82) is 0 Å². The molecule has 0 unspecified atom stereocenters. The summed E-state index contributed by atoms with van der Waals surface area (Å²) in [5.74, 6) is 0.0423. The maximum Gasteiger partial charge on any atom is 0.224 e. The van der Waals surface area contributed by atoms with Crippen LogP contribution in [-0.4, -0.2) is 32.2 Å². The Morgan fingerprint density at radius 1 is 0.909 bits per heavy atom. The monoisotopic (exact) mass is 438 g/mol. The summed E-state index contributed by atoms with van der Waals surface area (Å²) in [5.41, 5.74) is 3.29. The number of carbonyl (C=O) groups is 1. The number of carbonyl (C=O) groups excluding carboxylic acids is 1. The lowest BCUT2D eigenvalue weighted by Crippen LogP contribution is -2.36. The smallest absolute Gasteiger partial charge is 0.224 e. The number of rotatable bonds is 6. The maximum atomic E-state index is 12.8. The van der Waals surface area contributed by atoms with E-state index >= 15 is 0 Å². The SMILES string of the molecule is COC1CCN(c2ccc(NC(=O)CCc3c4ccccc4cc4ccccc34)cc2)CC1. The van der Waals surface area contributed by atoms with E-state index in [0.717, 1.165) is 31.6 Å². The Hall–Kier alpha value is -3.37. The van der Waals surface area contributed by atoms with Gasteiger partial charge < -0.3 is 15.0 Å². The minimum Gasteiger partial charge on any atom is -0.381 e. The van der Waals surface area contributed by atoms with Gasteiger partial charge >= 0.3 is 0 Å². The second-order valence-corrected chi connectivity index (χ2v) is 8.81. The normalized spacial score (nSPS) is 14.6. The predicted molar refractivity (Wildman–Crippen MR) is 137 cm³/mol. The van der Waals surface area contributed by atoms with Crippen LogP contribution >= 0.6 is 0 Å². The lowest BCUT2D eigenvalue weighted by Gasteiger charge is -2.33. The van der Waals surface area contributed by atoms with Crippen LogP contribution < -0.4 is 10.2 Å². The van der Waals surface area contributed by atoms with Gasteiger partial charge in [-0.1, -0.05) is 48.5 Å². The van der Waals surface area contributed by atoms with Crippen LogP contribution in [-0.2, 0) is 16.0 Å². The van der Waals surface area contributed by atoms with Gasteiger partial charge in [0.15, 0.2) is 0 Å². The predicted octanol–water partition coefficient (Wildman–Crippen LogP) is 6.18. The molecule has 1 aliphatic heterocycles. The molecule has 4 aromatic carbocycles. The van der Waals surface area contributed by atoms with Crippen LogP contribution in [0, 0.1) is 0 Å². The van der Waals surface area contributed by atoms with E-state index in [1.54, 1.807) is 7.11 Å². The molecule has 1 saturated heterocycles. The zero-order valence-corrected chi connectivity index (χ0v) is 19.1. The van der Waals surface area contributed by atoms with Crippen molar-refractivity contribution in [2.45, 2.75) is 31.8 Å². The molecule has 0 spiro atoms. The fourth-order valence-corrected chi connectivity index (χ4v) is 4.94. The van der Waals surface area contributed by atoms with Crippen LogP contribution in [0.2, 0.25) is 0 Å². The zero-order chi connectivity index (χ0) is 22.6. The molecule has 33 heavy (non-hydrogen) atoms. The molecule has 0 aromatic heterocycles. The molecule has 5 rings (SSSR count). The van der Waals surface area contributed by atoms with Gasteiger partial charge in [-0.25, -0.2) is 0 Å². The van der Waals surface area contributed by atoms with Crippen molar-refractivity contribution in [2.24, 2.45) is 0 Å². The Balaban J connectivity index is 1.25. The van der Waals surface area contributed by atoms with Gasteiger partial charge in [-0.05, 0) is 76.7 Å². The van der Waals surface area contributed by atoms with Gasteiger partial charge in [0.05, 0.1) is 6.10 Å². The average molecular weight is 439 g/mol. The number of hydrogen-bond donors (Lipinski definition) is 1. The molecular formula is C29H30N2O2. The van der Waals surface area contributed by atoms with Crippen molar-refractivity contribution in [3.63, 3.8) is 0 Å². The second kappa shape index (κ2) is 9.63. The van der Waals surface area contributed by atoms with Gasteiger partial charge in [0.25, 0.3) is 0 Å². The van der Waals surface area contributed by atoms with Crippen LogP contribution in [0.4, 0.5) is 11.4 Å². The second-order valence-electron chi connectivity index (χ2n) is 8.81. The fraction of sp³-hybridized carbons (Fsp3) is 0.276. The summed E-state index contributed by atoms with van der Waals surface area (Å²) in [6, 6.07) is 27.3. The van der Waals surface area contributed by atoms with Crippen molar-refractivity contribution in [3.8, 4) is 0 Å². The molecule has 1 fully saturated rings. The highest BCUT2D eigenvalue weighted by atomic mass is 16.5. The quantitative estimate of drug-likeness (QED) is 0.366. The molecule has 0 saturated carbocycles. The number of amides is 1. The van der Waals surface area contributed by atoms with Crippen LogP contribution in [0.5, 0.6) is 0 Å². The average Bonchev–Trinajstić information content (AvgIpc) is 2.87. The molecular weight excluding hydrogens is 408 g/mol. The maximum absolute atomic E-state index is 12.8. The molecule has 4 nitrogen and oxygen atoms in total. The number of fused-ring (bicyclic) bond motifs is 2. The first-order valence-electron chi connectivity index (χ1n) is 11.8. The minimum atomic E-state index is 0.0423. The molecule has 0 bridgehead atoms. The number of benzene rings is 4. The topological polar surface area (TPSA) is 41.6 Å². The van der Waals surface area contributed by atoms with Crippen LogP contribution in [0.3, 0.4) is 0 Å². The number of nitrogens with zero attached hydrogens (tertiary/aromatic N) is 1. The lowest BCUT2D eigenvalue weighted by atomic mass is 9.94. The highest BCUT2D eigenvalue weighted by Gasteiger charge is 2.19. The van der Waals surface area contributed by atoms with E-state index in [0.29, 0.717) is 18.9 Å². The number of nitrogens with one attached hydrogen (secondary N) is 1. The van der Waals surface area contributed by atoms with Crippen molar-refractivity contribution >= 4 is 38.8 Å². The molecule has 1 amide bonds. The van der Waals surface area contributed by atoms with E-state index in [1.165, 1.54) is 32.8 Å². The van der Waals surface area contributed by atoms with Crippen LogP contribution in [0.25, 0.3) is 21.5 Å². The van der Waals surface area contributed by atoms with E-state index in [1.807, 2.05) is 12.1 Å². The summed E-state index contributed by atoms with van der Waals surface area (Å²) < 4.78 is 5.47. The van der Waals surface area contributed by atoms with Crippen molar-refractivity contribution in [2.75, 3.05) is 30.4 Å². The van der Waals surface area contributed by atoms with E-state index in [-0.39, 0.29) is 5.91 Å². The molecule has 1 heterocycles. The van der Waals surface area contributed by atoms with E-state index < -0.39 is 0 Å². The molecule has 1 N–H and O–H groups in total. The third-order valence-corrected chi connectivity index (χ3v) is 6.78. The number of hydrogen-bond acceptors (Lipinski definition) is 3. The Kier molecular flexibility index (Phi) is 6.27. The minimum absolute atomic E-state index is 0.0423. The van der Waals surface area contributed by atoms with Gasteiger partial charge in [0, 0.05) is 38.0 Å². The van der Waals surface area contributed by atoms with E-state index in [9.17, 15) is 4.79 Å². The Labute approximate surface area is 195 Å². The fourth-order valence-electron chi connectivity index (χ4n) is 4.94. The lowest BCUT2D eigenvalue weighted by molar-refractivity contribution is -0.116. The van der Waals surface area contributed by atoms with Gasteiger partial charge in [0.1, 0.15) is 0 Å². The Bertz CT molecular complexity index is 1200. The number of piperidine rings is 1. The Morgan fingerprint density at radius 3 is 2.12 bits per heavy atom. The molecule has 4 heteroatoms. The van der Waals surface area contributed by atoms with Gasteiger partial charge in [-0.3, -0.25) is 4.79 Å². The Morgan fingerprint density at radius 2 is 1.52 bits per heavy atom. The van der Waals surface area contributed by atoms with Crippen molar-refractivity contribution < 1.29 is 9.53 Å². The largest absolute Gasteiger partial charge is 0.381 e. The third-order valence-electron chi connectivity index (χ3n) is 6.78. The summed E-state index contributed by atoms with van der Waals surface area (Å²) in [7, 11) is 1.79. The molecule has 0 aliphatic carbocycles. The standard InChI is InChI=1S/C29H30N2O2/c1-33-25-16-18-31(19-17-25)24-12-10-23(11-13-24)30-29(32)15-14-28-26-8-4-2-6-21(26)20-22-7-3-5-9-27(22)28/h2-13,20,25H,14-19H2,1H3,(H,30,32). The highest BCUT2D eigenvalue weighted by Crippen LogP contribution is 2.29. The van der Waals surface area contributed by atoms with E-state index in [4.69, 9.17) is 4.74 Å². The first kappa shape index (κ1) is 21.5. The van der Waals surface area contributed by atoms with Gasteiger partial charge in [0.2, 0.25) is 5.91 Å². The van der Waals surface area contributed by atoms with Gasteiger partial charge in [-0.2, -0.15) is 0 Å². The molecule has 168 valence electrons. The molecule has 4 aromatic rings. The third kappa shape index (κ3) is 4.71. The first-order valence-corrected chi connectivity index (χ1v) is 11.8. The summed E-state index contributed by atoms with van der Waals surface area (Å²) in [6.45, 7) is 2.01. The van der Waals surface area contributed by atoms with E-state index in [2.05, 4.69) is 76.9 Å². The molecule has 0 radical (unpaired) electrons. The summed E-state index contributed by atoms with van der Waals surface area (Å²) in [6.07, 6.45) is 3.64. The zero-order valence-electron chi connectivity index (χ0n) is 19.1. The summed E-state index contributed by atoms with van der Waals surface area (Å²) >= 11 is 0. The van der Waals surface area contributed by atoms with Crippen LogP contribution in [0.1, 0.15) is 24.8 Å². The first-order chi connectivity index (χ1) is 16.2. The summed E-state index contributed by atoms with van der Waals surface area (Å²) in [5, 5.41) is 7.97. The van der Waals surface area contributed by atoms with Gasteiger partial charge in [-0.15, -0.1) is 0 Å². The number of anilines is 2. The van der Waals surface area contributed by atoms with Crippen LogP contribution in [0.15, 0.2) is 78.9 Å².